The fourth-order valence-corrected chi connectivity index (χ4v) is 3.91. The van der Waals surface area contributed by atoms with E-state index in [-0.39, 0.29) is 0 Å². The van der Waals surface area contributed by atoms with Gasteiger partial charge in [-0.2, -0.15) is 4.98 Å². The molecule has 6 heteroatoms. The second kappa shape index (κ2) is 5.47. The first-order chi connectivity index (χ1) is 9.54. The molecule has 1 saturated heterocycles. The lowest BCUT2D eigenvalue weighted by Crippen LogP contribution is -2.42. The van der Waals surface area contributed by atoms with E-state index in [4.69, 9.17) is 11.6 Å². The molecule has 0 N–H and O–H groups in total. The summed E-state index contributed by atoms with van der Waals surface area (Å²) in [6.45, 7) is 4.37. The standard InChI is InChI=1S/C14H19ClN4S/c1-9-8-11-12(16-14(15)17-13(11)20-9)19(3)10-4-6-18(2)7-5-10/h8,10H,4-7H2,1-3H3. The van der Waals surface area contributed by atoms with Gasteiger partial charge in [-0.3, -0.25) is 0 Å². The number of hydrogen-bond acceptors (Lipinski definition) is 5. The van der Waals surface area contributed by atoms with Gasteiger partial charge in [-0.15, -0.1) is 11.3 Å². The van der Waals surface area contributed by atoms with Gasteiger partial charge in [0.2, 0.25) is 5.28 Å². The Labute approximate surface area is 128 Å². The number of hydrogen-bond donors (Lipinski definition) is 0. The first-order valence-corrected chi connectivity index (χ1v) is 8.09. The minimum Gasteiger partial charge on any atom is -0.356 e. The molecule has 1 fully saturated rings. The van der Waals surface area contributed by atoms with Crippen LogP contribution in [0.5, 0.6) is 0 Å². The van der Waals surface area contributed by atoms with Crippen molar-refractivity contribution in [3.05, 3.63) is 16.2 Å². The maximum absolute atomic E-state index is 6.09. The Morgan fingerprint density at radius 1 is 1.35 bits per heavy atom. The van der Waals surface area contributed by atoms with E-state index in [1.165, 1.54) is 17.7 Å². The van der Waals surface area contributed by atoms with E-state index in [1.807, 2.05) is 0 Å². The SMILES string of the molecule is Cc1cc2c(N(C)C3CCN(C)CC3)nc(Cl)nc2s1. The van der Waals surface area contributed by atoms with Crippen LogP contribution in [-0.4, -0.2) is 48.1 Å². The molecule has 0 aromatic carbocycles. The molecule has 20 heavy (non-hydrogen) atoms. The number of aromatic nitrogens is 2. The number of likely N-dealkylation sites (tertiary alicyclic amines) is 1. The minimum absolute atomic E-state index is 0.342. The smallest absolute Gasteiger partial charge is 0.225 e. The first kappa shape index (κ1) is 14.0. The molecule has 3 heterocycles. The number of aryl methyl sites for hydroxylation is 1. The van der Waals surface area contributed by atoms with Gasteiger partial charge in [-0.25, -0.2) is 4.98 Å². The van der Waals surface area contributed by atoms with Crippen molar-refractivity contribution in [2.75, 3.05) is 32.1 Å². The maximum Gasteiger partial charge on any atom is 0.225 e. The molecule has 0 spiro atoms. The predicted octanol–water partition coefficient (Wildman–Crippen LogP) is 3.18. The molecule has 4 nitrogen and oxygen atoms in total. The summed E-state index contributed by atoms with van der Waals surface area (Å²) in [6.07, 6.45) is 2.33. The van der Waals surface area contributed by atoms with Gasteiger partial charge in [0.1, 0.15) is 10.6 Å². The fraction of sp³-hybridized carbons (Fsp3) is 0.571. The Balaban J connectivity index is 1.96. The van der Waals surface area contributed by atoms with Crippen LogP contribution in [0.1, 0.15) is 17.7 Å². The van der Waals surface area contributed by atoms with Gasteiger partial charge in [0.25, 0.3) is 0 Å². The molecule has 0 bridgehead atoms. The van der Waals surface area contributed by atoms with Gasteiger partial charge in [0, 0.05) is 18.0 Å². The summed E-state index contributed by atoms with van der Waals surface area (Å²) in [5.41, 5.74) is 0. The average molecular weight is 311 g/mol. The predicted molar refractivity (Wildman–Crippen MR) is 86.1 cm³/mol. The zero-order valence-corrected chi connectivity index (χ0v) is 13.6. The summed E-state index contributed by atoms with van der Waals surface area (Å²) in [6, 6.07) is 2.69. The van der Waals surface area contributed by atoms with Crippen molar-refractivity contribution in [3.63, 3.8) is 0 Å². The van der Waals surface area contributed by atoms with Gasteiger partial charge in [0.15, 0.2) is 0 Å². The van der Waals surface area contributed by atoms with E-state index in [1.54, 1.807) is 11.3 Å². The van der Waals surface area contributed by atoms with E-state index in [2.05, 4.69) is 46.9 Å². The van der Waals surface area contributed by atoms with E-state index in [0.717, 1.165) is 29.1 Å². The Hall–Kier alpha value is -0.910. The molecule has 0 radical (unpaired) electrons. The van der Waals surface area contributed by atoms with Crippen LogP contribution < -0.4 is 4.90 Å². The van der Waals surface area contributed by atoms with Crippen LogP contribution in [0, 0.1) is 6.92 Å². The Kier molecular flexibility index (Phi) is 3.84. The van der Waals surface area contributed by atoms with Crippen molar-refractivity contribution in [1.82, 2.24) is 14.9 Å². The summed E-state index contributed by atoms with van der Waals surface area (Å²) < 4.78 is 0. The molecular formula is C14H19ClN4S. The lowest BCUT2D eigenvalue weighted by atomic mass is 10.0. The molecule has 0 amide bonds. The monoisotopic (exact) mass is 310 g/mol. The summed E-state index contributed by atoms with van der Waals surface area (Å²) in [5, 5.41) is 1.47. The number of fused-ring (bicyclic) bond motifs is 1. The third-order valence-corrected chi connectivity index (χ3v) is 5.15. The molecule has 1 aliphatic heterocycles. The van der Waals surface area contributed by atoms with Crippen LogP contribution in [0.15, 0.2) is 6.07 Å². The lowest BCUT2D eigenvalue weighted by Gasteiger charge is -2.35. The topological polar surface area (TPSA) is 32.3 Å². The van der Waals surface area contributed by atoms with Crippen LogP contribution in [-0.2, 0) is 0 Å². The van der Waals surface area contributed by atoms with Crippen LogP contribution in [0.25, 0.3) is 10.2 Å². The van der Waals surface area contributed by atoms with Crippen LogP contribution >= 0.6 is 22.9 Å². The normalized spacial score (nSPS) is 17.8. The molecule has 2 aromatic heterocycles. The van der Waals surface area contributed by atoms with Crippen molar-refractivity contribution in [2.24, 2.45) is 0 Å². The molecule has 0 aliphatic carbocycles. The Morgan fingerprint density at radius 3 is 2.75 bits per heavy atom. The Morgan fingerprint density at radius 2 is 2.05 bits per heavy atom. The van der Waals surface area contributed by atoms with Crippen LogP contribution in [0.4, 0.5) is 5.82 Å². The number of halogens is 1. The highest BCUT2D eigenvalue weighted by atomic mass is 35.5. The minimum atomic E-state index is 0.342. The fourth-order valence-electron chi connectivity index (χ4n) is 2.83. The van der Waals surface area contributed by atoms with E-state index >= 15 is 0 Å². The van der Waals surface area contributed by atoms with E-state index < -0.39 is 0 Å². The second-order valence-electron chi connectivity index (χ2n) is 5.54. The molecule has 0 saturated carbocycles. The van der Waals surface area contributed by atoms with Gasteiger partial charge >= 0.3 is 0 Å². The van der Waals surface area contributed by atoms with Crippen molar-refractivity contribution >= 4 is 39.0 Å². The quantitative estimate of drug-likeness (QED) is 0.798. The van der Waals surface area contributed by atoms with Crippen LogP contribution in [0.2, 0.25) is 5.28 Å². The Bertz CT molecular complexity index is 619. The van der Waals surface area contributed by atoms with Crippen molar-refractivity contribution in [1.29, 1.82) is 0 Å². The maximum atomic E-state index is 6.09. The molecular weight excluding hydrogens is 292 g/mol. The molecule has 0 atom stereocenters. The third kappa shape index (κ3) is 2.62. The van der Waals surface area contributed by atoms with E-state index in [0.29, 0.717) is 11.3 Å². The van der Waals surface area contributed by atoms with Gasteiger partial charge in [-0.05, 0) is 57.6 Å². The molecule has 3 rings (SSSR count). The van der Waals surface area contributed by atoms with Gasteiger partial charge in [-0.1, -0.05) is 0 Å². The highest BCUT2D eigenvalue weighted by Gasteiger charge is 2.23. The highest BCUT2D eigenvalue weighted by molar-refractivity contribution is 7.18. The molecule has 108 valence electrons. The summed E-state index contributed by atoms with van der Waals surface area (Å²) in [5.74, 6) is 0.971. The van der Waals surface area contributed by atoms with Gasteiger partial charge in [0.05, 0.1) is 5.39 Å². The van der Waals surface area contributed by atoms with Gasteiger partial charge < -0.3 is 9.80 Å². The third-order valence-electron chi connectivity index (χ3n) is 4.04. The summed E-state index contributed by atoms with van der Waals surface area (Å²) >= 11 is 7.76. The van der Waals surface area contributed by atoms with Crippen molar-refractivity contribution in [3.8, 4) is 0 Å². The number of thiophene rings is 1. The van der Waals surface area contributed by atoms with Crippen molar-refractivity contribution in [2.45, 2.75) is 25.8 Å². The summed E-state index contributed by atoms with van der Waals surface area (Å²) in [4.78, 5) is 15.7. The molecule has 1 aliphatic rings. The average Bonchev–Trinajstić information content (AvgIpc) is 2.78. The molecule has 0 unspecified atom stereocenters. The first-order valence-electron chi connectivity index (χ1n) is 6.89. The number of rotatable bonds is 2. The number of anilines is 1. The highest BCUT2D eigenvalue weighted by Crippen LogP contribution is 2.33. The largest absolute Gasteiger partial charge is 0.356 e. The van der Waals surface area contributed by atoms with E-state index in [9.17, 15) is 0 Å². The molecule has 2 aromatic rings. The zero-order valence-electron chi connectivity index (χ0n) is 12.1. The zero-order chi connectivity index (χ0) is 14.3. The van der Waals surface area contributed by atoms with Crippen LogP contribution in [0.3, 0.4) is 0 Å². The lowest BCUT2D eigenvalue weighted by molar-refractivity contribution is 0.252. The number of piperidine rings is 1. The number of nitrogens with zero attached hydrogens (tertiary/aromatic N) is 4. The second-order valence-corrected chi connectivity index (χ2v) is 7.11. The van der Waals surface area contributed by atoms with Crippen molar-refractivity contribution < 1.29 is 0 Å². The summed E-state index contributed by atoms with van der Waals surface area (Å²) in [7, 11) is 4.30.